The van der Waals surface area contributed by atoms with Gasteiger partial charge in [0.25, 0.3) is 5.91 Å². The van der Waals surface area contributed by atoms with Crippen LogP contribution in [0.5, 0.6) is 0 Å². The summed E-state index contributed by atoms with van der Waals surface area (Å²) in [7, 11) is 5.03. The van der Waals surface area contributed by atoms with E-state index in [9.17, 15) is 14.0 Å². The number of nitrogens with one attached hydrogen (secondary N) is 2. The molecule has 30 heavy (non-hydrogen) atoms. The van der Waals surface area contributed by atoms with Crippen LogP contribution in [0.2, 0.25) is 0 Å². The number of anilines is 2. The van der Waals surface area contributed by atoms with Crippen LogP contribution in [0.4, 0.5) is 16.0 Å². The number of carbonyl (C=O) groups excluding carboxylic acids is 2. The molecule has 0 aliphatic heterocycles. The number of aromatic nitrogens is 3. The van der Waals surface area contributed by atoms with Crippen LogP contribution in [-0.4, -0.2) is 77.9 Å². The predicted molar refractivity (Wildman–Crippen MR) is 110 cm³/mol. The van der Waals surface area contributed by atoms with Gasteiger partial charge in [0.1, 0.15) is 12.2 Å². The molecule has 2 heterocycles. The van der Waals surface area contributed by atoms with E-state index in [-0.39, 0.29) is 29.8 Å². The average molecular weight is 417 g/mol. The number of hydrogen-bond donors (Lipinski definition) is 3. The standard InChI is InChI=1S/C19H25FN8O2/c1-22-16(14(11-21)18(30)27(3)13-4-5-13)17(29)23-12-6-8-28-15(10-12)24-19(25-28)26(2)9-7-20/h6,8,10-11,13,21-22H,4-5,7,9H2,1-3H3,(H,23,29)/p+1/b16-14+,21-11?. The lowest BCUT2D eigenvalue weighted by atomic mass is 10.1. The number of rotatable bonds is 9. The van der Waals surface area contributed by atoms with Crippen molar-refractivity contribution in [3.63, 3.8) is 0 Å². The molecule has 0 spiro atoms. The molecule has 0 radical (unpaired) electrons. The van der Waals surface area contributed by atoms with Gasteiger partial charge in [-0.25, -0.2) is 8.91 Å². The van der Waals surface area contributed by atoms with Crippen LogP contribution in [0.25, 0.3) is 5.65 Å². The summed E-state index contributed by atoms with van der Waals surface area (Å²) in [5, 5.41) is 16.2. The van der Waals surface area contributed by atoms with Crippen molar-refractivity contribution in [2.24, 2.45) is 0 Å². The molecule has 0 unspecified atom stereocenters. The maximum Gasteiger partial charge on any atom is 0.310 e. The van der Waals surface area contributed by atoms with Gasteiger partial charge in [-0.3, -0.25) is 9.59 Å². The number of carbonyl (C=O) groups is 2. The molecule has 2 aromatic rings. The Morgan fingerprint density at radius 2 is 2.17 bits per heavy atom. The van der Waals surface area contributed by atoms with Crippen LogP contribution in [0.3, 0.4) is 0 Å². The van der Waals surface area contributed by atoms with Crippen LogP contribution in [0.15, 0.2) is 29.6 Å². The number of halogens is 1. The molecule has 11 heteroatoms. The second kappa shape index (κ2) is 8.99. The Morgan fingerprint density at radius 3 is 2.77 bits per heavy atom. The fraction of sp³-hybridized carbons (Fsp3) is 0.421. The Morgan fingerprint density at radius 1 is 1.43 bits per heavy atom. The van der Waals surface area contributed by atoms with Crippen LogP contribution in [0, 0.1) is 5.41 Å². The molecule has 0 bridgehead atoms. The summed E-state index contributed by atoms with van der Waals surface area (Å²) in [4.78, 5) is 33.0. The van der Waals surface area contributed by atoms with Crippen molar-refractivity contribution in [1.29, 1.82) is 5.41 Å². The minimum absolute atomic E-state index is 0.0445. The first-order chi connectivity index (χ1) is 14.4. The second-order valence-corrected chi connectivity index (χ2v) is 7.10. The lowest BCUT2D eigenvalue weighted by Gasteiger charge is -2.17. The molecule has 1 fully saturated rings. The van der Waals surface area contributed by atoms with E-state index in [1.54, 1.807) is 49.3 Å². The van der Waals surface area contributed by atoms with E-state index >= 15 is 0 Å². The van der Waals surface area contributed by atoms with Crippen molar-refractivity contribution in [3.05, 3.63) is 29.6 Å². The third kappa shape index (κ3) is 4.46. The summed E-state index contributed by atoms with van der Waals surface area (Å²) in [6, 6.07) is 3.45. The third-order valence-electron chi connectivity index (χ3n) is 4.96. The lowest BCUT2D eigenvalue weighted by Crippen LogP contribution is -2.80. The molecule has 10 nitrogen and oxygen atoms in total. The number of hydrogen-bond acceptors (Lipinski definition) is 6. The monoisotopic (exact) mass is 417 g/mol. The Balaban J connectivity index is 1.82. The summed E-state index contributed by atoms with van der Waals surface area (Å²) < 4.78 is 14.1. The molecule has 1 saturated carbocycles. The Hall–Kier alpha value is -3.34. The number of fused-ring (bicyclic) bond motifs is 1. The van der Waals surface area contributed by atoms with E-state index in [1.807, 2.05) is 0 Å². The van der Waals surface area contributed by atoms with E-state index in [4.69, 9.17) is 5.41 Å². The molecule has 0 atom stereocenters. The van der Waals surface area contributed by atoms with Gasteiger partial charge in [0.2, 0.25) is 11.6 Å². The van der Waals surface area contributed by atoms with E-state index < -0.39 is 12.6 Å². The topological polar surface area (TPSA) is 123 Å². The summed E-state index contributed by atoms with van der Waals surface area (Å²) in [5.41, 5.74) is 1.12. The molecule has 160 valence electrons. The van der Waals surface area contributed by atoms with Gasteiger partial charge in [0.05, 0.1) is 7.05 Å². The van der Waals surface area contributed by atoms with Crippen molar-refractivity contribution in [2.75, 3.05) is 44.6 Å². The molecule has 3 rings (SSSR count). The summed E-state index contributed by atoms with van der Waals surface area (Å²) in [6.45, 7) is -0.337. The van der Waals surface area contributed by atoms with Gasteiger partial charge in [-0.05, 0) is 18.9 Å². The minimum atomic E-state index is -0.514. The molecule has 0 aromatic carbocycles. The van der Waals surface area contributed by atoms with Gasteiger partial charge >= 0.3 is 5.91 Å². The van der Waals surface area contributed by atoms with Gasteiger partial charge < -0.3 is 25.8 Å². The van der Waals surface area contributed by atoms with Crippen molar-refractivity contribution in [1.82, 2.24) is 19.5 Å². The molecule has 2 aromatic heterocycles. The highest BCUT2D eigenvalue weighted by Gasteiger charge is 2.33. The third-order valence-corrected chi connectivity index (χ3v) is 4.96. The maximum absolute atomic E-state index is 12.8. The van der Waals surface area contributed by atoms with Crippen LogP contribution >= 0.6 is 0 Å². The first kappa shape index (κ1) is 21.4. The average Bonchev–Trinajstić information content (AvgIpc) is 3.49. The molecule has 2 amide bonds. The first-order valence-corrected chi connectivity index (χ1v) is 9.65. The molecule has 1 aliphatic carbocycles. The van der Waals surface area contributed by atoms with Crippen molar-refractivity contribution < 1.29 is 19.3 Å². The van der Waals surface area contributed by atoms with Gasteiger partial charge in [-0.2, -0.15) is 4.98 Å². The molecular weight excluding hydrogens is 391 g/mol. The fourth-order valence-corrected chi connectivity index (χ4v) is 3.02. The molecule has 4 N–H and O–H groups in total. The van der Waals surface area contributed by atoms with Crippen LogP contribution in [-0.2, 0) is 9.59 Å². The van der Waals surface area contributed by atoms with Crippen molar-refractivity contribution in [2.45, 2.75) is 18.9 Å². The van der Waals surface area contributed by atoms with E-state index in [1.165, 1.54) is 9.83 Å². The fourth-order valence-electron chi connectivity index (χ4n) is 3.02. The van der Waals surface area contributed by atoms with Crippen molar-refractivity contribution in [3.8, 4) is 0 Å². The Kier molecular flexibility index (Phi) is 6.40. The van der Waals surface area contributed by atoms with Crippen molar-refractivity contribution >= 4 is 35.3 Å². The molecule has 0 saturated heterocycles. The van der Waals surface area contributed by atoms with E-state index in [0.29, 0.717) is 17.3 Å². The maximum atomic E-state index is 12.8. The lowest BCUT2D eigenvalue weighted by molar-refractivity contribution is -0.570. The van der Waals surface area contributed by atoms with Gasteiger partial charge in [0, 0.05) is 50.8 Å². The Bertz CT molecular complexity index is 998. The van der Waals surface area contributed by atoms with Gasteiger partial charge in [0.15, 0.2) is 5.65 Å². The highest BCUT2D eigenvalue weighted by atomic mass is 19.1. The Labute approximate surface area is 173 Å². The highest BCUT2D eigenvalue weighted by Crippen LogP contribution is 2.26. The zero-order valence-electron chi connectivity index (χ0n) is 17.2. The first-order valence-electron chi connectivity index (χ1n) is 9.65. The van der Waals surface area contributed by atoms with E-state index in [0.717, 1.165) is 19.1 Å². The molecular formula is C19H26FN8O2+. The SMILES string of the molecule is C[NH2+]/C(C(=O)Nc1ccn2nc(N(C)CCF)nc2c1)=C(\C=N)C(=O)N(C)C1CC1. The zero-order chi connectivity index (χ0) is 21.8. The van der Waals surface area contributed by atoms with Crippen LogP contribution in [0.1, 0.15) is 12.8 Å². The normalized spacial score (nSPS) is 14.3. The smallest absolute Gasteiger partial charge is 0.310 e. The number of likely N-dealkylation sites (N-methyl/N-ethyl adjacent to an activating group) is 2. The number of nitrogens with two attached hydrogens (primary N) is 1. The highest BCUT2D eigenvalue weighted by molar-refractivity contribution is 6.18. The zero-order valence-corrected chi connectivity index (χ0v) is 17.2. The molecule has 1 aliphatic rings. The second-order valence-electron chi connectivity index (χ2n) is 7.10. The largest absolute Gasteiger partial charge is 0.340 e. The van der Waals surface area contributed by atoms with Gasteiger partial charge in [-0.1, -0.05) is 0 Å². The quantitative estimate of drug-likeness (QED) is 0.385. The number of amides is 2. The summed E-state index contributed by atoms with van der Waals surface area (Å²) in [6.07, 6.45) is 4.43. The number of pyridine rings is 1. The van der Waals surface area contributed by atoms with Gasteiger partial charge in [-0.15, -0.1) is 5.10 Å². The van der Waals surface area contributed by atoms with E-state index in [2.05, 4.69) is 15.4 Å². The minimum Gasteiger partial charge on any atom is -0.340 e. The summed E-state index contributed by atoms with van der Waals surface area (Å²) >= 11 is 0. The number of nitrogens with zero attached hydrogens (tertiary/aromatic N) is 5. The number of alkyl halides is 1. The number of quaternary nitrogens is 1. The van der Waals surface area contributed by atoms with Crippen LogP contribution < -0.4 is 15.5 Å². The summed E-state index contributed by atoms with van der Waals surface area (Å²) in [5.74, 6) is -0.463. The predicted octanol–water partition coefficient (Wildman–Crippen LogP) is -0.209.